The van der Waals surface area contributed by atoms with Crippen LogP contribution in [-0.4, -0.2) is 33.4 Å². The summed E-state index contributed by atoms with van der Waals surface area (Å²) in [4.78, 5) is 4.35. The molecule has 9 heteroatoms. The molecule has 0 spiro atoms. The van der Waals surface area contributed by atoms with Gasteiger partial charge in [-0.05, 0) is 39.8 Å². The molecule has 0 unspecified atom stereocenters. The van der Waals surface area contributed by atoms with E-state index in [1.54, 1.807) is 32.4 Å². The lowest BCUT2D eigenvalue weighted by Gasteiger charge is -2.12. The van der Waals surface area contributed by atoms with E-state index in [1.165, 1.54) is 0 Å². The molecule has 0 aliphatic heterocycles. The number of aromatic amines is 1. The molecule has 1 atom stereocenters. The number of benzene rings is 1. The van der Waals surface area contributed by atoms with Gasteiger partial charge in [-0.15, -0.1) is 0 Å². The molecule has 8 nitrogen and oxygen atoms in total. The Balaban J connectivity index is 1.96. The predicted octanol–water partition coefficient (Wildman–Crippen LogP) is 1.96. The number of aromatic nitrogens is 5. The van der Waals surface area contributed by atoms with E-state index in [4.69, 9.17) is 0 Å². The van der Waals surface area contributed by atoms with Gasteiger partial charge in [-0.2, -0.15) is 10.2 Å². The third-order valence-corrected chi connectivity index (χ3v) is 5.62. The first-order chi connectivity index (χ1) is 11.8. The van der Waals surface area contributed by atoms with Crippen LogP contribution in [0.4, 0.5) is 0 Å². The number of nitrogens with zero attached hydrogens (tertiary/aromatic N) is 4. The van der Waals surface area contributed by atoms with Gasteiger partial charge in [0.05, 0.1) is 23.1 Å². The van der Waals surface area contributed by atoms with Crippen molar-refractivity contribution in [2.75, 3.05) is 0 Å². The van der Waals surface area contributed by atoms with Crippen molar-refractivity contribution in [1.29, 1.82) is 0 Å². The molecule has 0 fully saturated rings. The van der Waals surface area contributed by atoms with Crippen molar-refractivity contribution in [3.8, 4) is 5.69 Å². The van der Waals surface area contributed by atoms with E-state index in [2.05, 4.69) is 25.0 Å². The zero-order chi connectivity index (χ0) is 18.2. The first kappa shape index (κ1) is 17.3. The molecule has 0 aliphatic rings. The summed E-state index contributed by atoms with van der Waals surface area (Å²) in [6.07, 6.45) is 0. The minimum Gasteiger partial charge on any atom is -0.263 e. The highest BCUT2D eigenvalue weighted by Crippen LogP contribution is 2.24. The molecule has 2 heterocycles. The Morgan fingerprint density at radius 1 is 1.16 bits per heavy atom. The Labute approximate surface area is 146 Å². The summed E-state index contributed by atoms with van der Waals surface area (Å²) in [5, 5.41) is 11.1. The summed E-state index contributed by atoms with van der Waals surface area (Å²) in [7, 11) is -3.77. The second-order valence-electron chi connectivity index (χ2n) is 5.87. The van der Waals surface area contributed by atoms with Crippen LogP contribution in [-0.2, 0) is 10.0 Å². The fraction of sp³-hybridized carbons (Fsp3) is 0.312. The average molecular weight is 360 g/mol. The van der Waals surface area contributed by atoms with Gasteiger partial charge in [0, 0.05) is 0 Å². The van der Waals surface area contributed by atoms with Crippen LogP contribution in [0.15, 0.2) is 35.2 Å². The van der Waals surface area contributed by atoms with Crippen LogP contribution in [0.1, 0.15) is 36.0 Å². The first-order valence-electron chi connectivity index (χ1n) is 7.82. The Morgan fingerprint density at radius 3 is 2.44 bits per heavy atom. The molecular formula is C16H20N6O2S. The minimum atomic E-state index is -3.77. The van der Waals surface area contributed by atoms with Gasteiger partial charge in [0.1, 0.15) is 10.7 Å². The van der Waals surface area contributed by atoms with Crippen molar-refractivity contribution in [3.05, 3.63) is 53.4 Å². The molecule has 0 aliphatic carbocycles. The van der Waals surface area contributed by atoms with E-state index in [-0.39, 0.29) is 4.90 Å². The molecule has 2 aromatic heterocycles. The molecular weight excluding hydrogens is 340 g/mol. The van der Waals surface area contributed by atoms with Crippen molar-refractivity contribution in [3.63, 3.8) is 0 Å². The van der Waals surface area contributed by atoms with Crippen molar-refractivity contribution >= 4 is 10.0 Å². The molecule has 2 N–H and O–H groups in total. The standard InChI is InChI=1S/C16H20N6O2S/c1-10-15(12(3)22(20-10)14-8-6-5-7-9-14)25(23,24)21-11(2)16-17-13(4)18-19-16/h5-9,11,21H,1-4H3,(H,17,18,19)/t11-/m1/s1. The van der Waals surface area contributed by atoms with Crippen LogP contribution in [0.5, 0.6) is 0 Å². The number of sulfonamides is 1. The fourth-order valence-electron chi connectivity index (χ4n) is 2.74. The van der Waals surface area contributed by atoms with E-state index < -0.39 is 16.1 Å². The molecule has 3 rings (SSSR count). The van der Waals surface area contributed by atoms with Gasteiger partial charge in [0.25, 0.3) is 0 Å². The minimum absolute atomic E-state index is 0.176. The zero-order valence-electron chi connectivity index (χ0n) is 14.5. The van der Waals surface area contributed by atoms with Crippen molar-refractivity contribution in [1.82, 2.24) is 29.7 Å². The normalized spacial score (nSPS) is 13.1. The van der Waals surface area contributed by atoms with Gasteiger partial charge < -0.3 is 0 Å². The molecule has 25 heavy (non-hydrogen) atoms. The molecule has 0 radical (unpaired) electrons. The molecule has 1 aromatic carbocycles. The lowest BCUT2D eigenvalue weighted by atomic mass is 10.3. The molecule has 0 saturated carbocycles. The number of rotatable bonds is 5. The quantitative estimate of drug-likeness (QED) is 0.723. The van der Waals surface area contributed by atoms with E-state index in [1.807, 2.05) is 30.3 Å². The monoisotopic (exact) mass is 360 g/mol. The largest absolute Gasteiger partial charge is 0.263 e. The van der Waals surface area contributed by atoms with Crippen molar-refractivity contribution in [2.45, 2.75) is 38.6 Å². The van der Waals surface area contributed by atoms with E-state index in [0.717, 1.165) is 5.69 Å². The maximum absolute atomic E-state index is 12.9. The summed E-state index contributed by atoms with van der Waals surface area (Å²) in [5.41, 5.74) is 1.80. The lowest BCUT2D eigenvalue weighted by Crippen LogP contribution is -2.28. The maximum Gasteiger partial charge on any atom is 0.244 e. The first-order valence-corrected chi connectivity index (χ1v) is 9.31. The third-order valence-electron chi connectivity index (χ3n) is 3.83. The van der Waals surface area contributed by atoms with E-state index >= 15 is 0 Å². The van der Waals surface area contributed by atoms with Gasteiger partial charge in [-0.1, -0.05) is 18.2 Å². The number of nitrogens with one attached hydrogen (secondary N) is 2. The van der Waals surface area contributed by atoms with Gasteiger partial charge in [0.15, 0.2) is 5.82 Å². The number of hydrogen-bond acceptors (Lipinski definition) is 5. The Hall–Kier alpha value is -2.52. The molecule has 0 amide bonds. The highest BCUT2D eigenvalue weighted by Gasteiger charge is 2.28. The van der Waals surface area contributed by atoms with Crippen molar-refractivity contribution in [2.24, 2.45) is 0 Å². The van der Waals surface area contributed by atoms with Crippen molar-refractivity contribution < 1.29 is 8.42 Å². The second kappa shape index (κ2) is 6.41. The molecule has 3 aromatic rings. The number of para-hydroxylation sites is 1. The van der Waals surface area contributed by atoms with Crippen LogP contribution in [0.2, 0.25) is 0 Å². The number of aryl methyl sites for hydroxylation is 2. The lowest BCUT2D eigenvalue weighted by molar-refractivity contribution is 0.559. The van der Waals surface area contributed by atoms with Gasteiger partial charge in [-0.3, -0.25) is 5.10 Å². The Bertz CT molecular complexity index is 991. The summed E-state index contributed by atoms with van der Waals surface area (Å²) < 4.78 is 30.0. The summed E-state index contributed by atoms with van der Waals surface area (Å²) in [6, 6.07) is 8.85. The third kappa shape index (κ3) is 3.33. The van der Waals surface area contributed by atoms with Crippen LogP contribution in [0.3, 0.4) is 0 Å². The molecule has 0 bridgehead atoms. The van der Waals surface area contributed by atoms with Crippen LogP contribution in [0.25, 0.3) is 5.69 Å². The summed E-state index contributed by atoms with van der Waals surface area (Å²) in [5.74, 6) is 1.03. The highest BCUT2D eigenvalue weighted by molar-refractivity contribution is 7.89. The fourth-order valence-corrected chi connectivity index (χ4v) is 4.33. The summed E-state index contributed by atoms with van der Waals surface area (Å²) in [6.45, 7) is 6.88. The van der Waals surface area contributed by atoms with Gasteiger partial charge in [-0.25, -0.2) is 22.8 Å². The highest BCUT2D eigenvalue weighted by atomic mass is 32.2. The van der Waals surface area contributed by atoms with Crippen LogP contribution >= 0.6 is 0 Å². The van der Waals surface area contributed by atoms with Gasteiger partial charge >= 0.3 is 0 Å². The SMILES string of the molecule is Cc1nc([C@@H](C)NS(=O)(=O)c2c(C)nn(-c3ccccc3)c2C)n[nH]1. The Kier molecular flexibility index (Phi) is 4.44. The van der Waals surface area contributed by atoms with Crippen LogP contribution < -0.4 is 4.72 Å². The predicted molar refractivity (Wildman–Crippen MR) is 92.9 cm³/mol. The van der Waals surface area contributed by atoms with Crippen LogP contribution in [0, 0.1) is 20.8 Å². The molecule has 0 saturated heterocycles. The zero-order valence-corrected chi connectivity index (χ0v) is 15.3. The molecule has 132 valence electrons. The van der Waals surface area contributed by atoms with E-state index in [0.29, 0.717) is 23.0 Å². The number of hydrogen-bond donors (Lipinski definition) is 2. The second-order valence-corrected chi connectivity index (χ2v) is 7.52. The smallest absolute Gasteiger partial charge is 0.244 e. The Morgan fingerprint density at radius 2 is 1.84 bits per heavy atom. The average Bonchev–Trinajstić information content (AvgIpc) is 3.11. The number of H-pyrrole nitrogens is 1. The maximum atomic E-state index is 12.9. The van der Waals surface area contributed by atoms with E-state index in [9.17, 15) is 8.42 Å². The van der Waals surface area contributed by atoms with Gasteiger partial charge in [0.2, 0.25) is 10.0 Å². The topological polar surface area (TPSA) is 106 Å². The summed E-state index contributed by atoms with van der Waals surface area (Å²) >= 11 is 0.